The Hall–Kier alpha value is -3.24. The number of aliphatic hydroxyl groups is 3. The normalized spacial score (nSPS) is 23.9. The van der Waals surface area contributed by atoms with Gasteiger partial charge in [0, 0.05) is 18.1 Å². The summed E-state index contributed by atoms with van der Waals surface area (Å²) in [5.74, 6) is -2.19. The second-order valence-corrected chi connectivity index (χ2v) is 10.3. The Morgan fingerprint density at radius 1 is 1.11 bits per heavy atom. The zero-order chi connectivity index (χ0) is 28.4. The van der Waals surface area contributed by atoms with Crippen molar-refractivity contribution in [1.82, 2.24) is 10.0 Å². The Balaban J connectivity index is 2.12. The van der Waals surface area contributed by atoms with Crippen LogP contribution in [-0.2, 0) is 25.7 Å². The van der Waals surface area contributed by atoms with Crippen LogP contribution in [0.4, 0.5) is 13.2 Å². The number of halogens is 3. The summed E-state index contributed by atoms with van der Waals surface area (Å²) in [5.41, 5.74) is -2.18. The number of ether oxygens (including phenoxy) is 2. The van der Waals surface area contributed by atoms with Crippen molar-refractivity contribution in [3.05, 3.63) is 53.6 Å². The third kappa shape index (κ3) is 6.79. The smallest absolute Gasteiger partial charge is 0.417 e. The Kier molecular flexibility index (Phi) is 8.68. The van der Waals surface area contributed by atoms with E-state index in [1.807, 2.05) is 0 Å². The summed E-state index contributed by atoms with van der Waals surface area (Å²) >= 11 is 0. The zero-order valence-corrected chi connectivity index (χ0v) is 20.8. The molecule has 1 heterocycles. The molecule has 208 valence electrons. The molecule has 38 heavy (non-hydrogen) atoms. The molecule has 1 fully saturated rings. The molecular formula is C23H25F3N2O9S. The van der Waals surface area contributed by atoms with Crippen LogP contribution < -0.4 is 14.8 Å². The van der Waals surface area contributed by atoms with Crippen LogP contribution in [0.1, 0.15) is 22.8 Å². The van der Waals surface area contributed by atoms with Gasteiger partial charge in [0.15, 0.2) is 0 Å². The van der Waals surface area contributed by atoms with Crippen LogP contribution in [0.15, 0.2) is 42.5 Å². The first-order valence-electron chi connectivity index (χ1n) is 11.0. The predicted octanol–water partition coefficient (Wildman–Crippen LogP) is 0.384. The van der Waals surface area contributed by atoms with E-state index in [1.165, 1.54) is 18.2 Å². The van der Waals surface area contributed by atoms with Crippen molar-refractivity contribution in [3.8, 4) is 16.9 Å². The lowest BCUT2D eigenvalue weighted by atomic mass is 9.95. The SMILES string of the molecule is CC(=O)N[C@H]1[C@H](Oc2cccc(C(F)(F)F)c2-c2cccc(C(=O)NS(C)(=O)=O)c2)O[C@H](CO)[C@H](O)[C@@H]1O. The van der Waals surface area contributed by atoms with Crippen molar-refractivity contribution in [2.24, 2.45) is 0 Å². The van der Waals surface area contributed by atoms with Gasteiger partial charge in [-0.1, -0.05) is 18.2 Å². The number of nitrogens with one attached hydrogen (secondary N) is 2. The highest BCUT2D eigenvalue weighted by Crippen LogP contribution is 2.43. The number of sulfonamides is 1. The lowest BCUT2D eigenvalue weighted by molar-refractivity contribution is -0.244. The summed E-state index contributed by atoms with van der Waals surface area (Å²) in [5, 5.41) is 32.5. The van der Waals surface area contributed by atoms with Gasteiger partial charge >= 0.3 is 6.18 Å². The van der Waals surface area contributed by atoms with E-state index in [-0.39, 0.29) is 11.1 Å². The van der Waals surface area contributed by atoms with Crippen molar-refractivity contribution < 1.29 is 56.0 Å². The Labute approximate surface area is 215 Å². The van der Waals surface area contributed by atoms with Gasteiger partial charge in [-0.2, -0.15) is 13.2 Å². The summed E-state index contributed by atoms with van der Waals surface area (Å²) in [6, 6.07) is 6.19. The Bertz CT molecular complexity index is 1300. The van der Waals surface area contributed by atoms with Crippen LogP contribution in [0.5, 0.6) is 5.75 Å². The van der Waals surface area contributed by atoms with Gasteiger partial charge in [0.25, 0.3) is 5.91 Å². The van der Waals surface area contributed by atoms with E-state index in [4.69, 9.17) is 9.47 Å². The first-order chi connectivity index (χ1) is 17.6. The topological polar surface area (TPSA) is 171 Å². The number of benzene rings is 2. The molecule has 2 aromatic rings. The molecule has 1 aliphatic rings. The summed E-state index contributed by atoms with van der Waals surface area (Å²) in [4.78, 5) is 24.0. The van der Waals surface area contributed by atoms with Crippen LogP contribution >= 0.6 is 0 Å². The van der Waals surface area contributed by atoms with Gasteiger partial charge in [-0.3, -0.25) is 9.59 Å². The number of hydrogen-bond donors (Lipinski definition) is 5. The van der Waals surface area contributed by atoms with E-state index in [2.05, 4.69) is 5.32 Å². The molecule has 15 heteroatoms. The summed E-state index contributed by atoms with van der Waals surface area (Å²) < 4.78 is 77.9. The van der Waals surface area contributed by atoms with E-state index in [1.54, 1.807) is 4.72 Å². The fourth-order valence-corrected chi connectivity index (χ4v) is 4.36. The molecule has 5 atom stereocenters. The molecule has 0 spiro atoms. The number of aliphatic hydroxyl groups excluding tert-OH is 3. The molecule has 0 unspecified atom stereocenters. The largest absolute Gasteiger partial charge is 0.462 e. The number of alkyl halides is 3. The molecule has 1 saturated heterocycles. The average Bonchev–Trinajstić information content (AvgIpc) is 2.81. The van der Waals surface area contributed by atoms with Crippen molar-refractivity contribution in [1.29, 1.82) is 0 Å². The predicted molar refractivity (Wildman–Crippen MR) is 125 cm³/mol. The summed E-state index contributed by atoms with van der Waals surface area (Å²) in [7, 11) is -3.96. The molecule has 0 aliphatic carbocycles. The van der Waals surface area contributed by atoms with Crippen LogP contribution in [-0.4, -0.2) is 79.1 Å². The number of carbonyl (C=O) groups excluding carboxylic acids is 2. The van der Waals surface area contributed by atoms with E-state index in [9.17, 15) is 46.5 Å². The molecule has 2 aromatic carbocycles. The van der Waals surface area contributed by atoms with Gasteiger partial charge in [0.1, 0.15) is 30.1 Å². The molecule has 5 N–H and O–H groups in total. The molecule has 0 radical (unpaired) electrons. The van der Waals surface area contributed by atoms with Crippen molar-refractivity contribution in [2.45, 2.75) is 43.7 Å². The van der Waals surface area contributed by atoms with Gasteiger partial charge in [-0.05, 0) is 29.8 Å². The van der Waals surface area contributed by atoms with Crippen molar-refractivity contribution in [2.75, 3.05) is 12.9 Å². The molecule has 2 amide bonds. The monoisotopic (exact) mass is 562 g/mol. The summed E-state index contributed by atoms with van der Waals surface area (Å²) in [6.45, 7) is 0.314. The lowest BCUT2D eigenvalue weighted by Gasteiger charge is -2.42. The van der Waals surface area contributed by atoms with Crippen LogP contribution in [0.2, 0.25) is 0 Å². The van der Waals surface area contributed by atoms with E-state index in [0.29, 0.717) is 0 Å². The highest BCUT2D eigenvalue weighted by Gasteiger charge is 2.46. The number of amides is 2. The second kappa shape index (κ2) is 11.2. The highest BCUT2D eigenvalue weighted by molar-refractivity contribution is 7.89. The van der Waals surface area contributed by atoms with Crippen LogP contribution in [0, 0.1) is 0 Å². The van der Waals surface area contributed by atoms with Crippen molar-refractivity contribution >= 4 is 21.8 Å². The van der Waals surface area contributed by atoms with E-state index < -0.39 is 82.1 Å². The first-order valence-corrected chi connectivity index (χ1v) is 12.9. The third-order valence-electron chi connectivity index (χ3n) is 5.52. The highest BCUT2D eigenvalue weighted by atomic mass is 32.2. The number of hydrogen-bond acceptors (Lipinski definition) is 9. The van der Waals surface area contributed by atoms with Gasteiger partial charge in [-0.25, -0.2) is 13.1 Å². The Morgan fingerprint density at radius 3 is 2.34 bits per heavy atom. The standard InChI is InChI=1S/C23H25F3N2O9S/c1-11(30)27-18-20(32)19(31)16(10-29)37-22(18)36-15-8-4-7-14(23(24,25)26)17(15)12-5-3-6-13(9-12)21(33)28-38(2,34)35/h3-9,16,18-20,22,29,31-32H,10H2,1-2H3,(H,27,30)(H,28,33)/t16-,18-,19+,20-,22-/m1/s1. The minimum Gasteiger partial charge on any atom is -0.462 e. The zero-order valence-electron chi connectivity index (χ0n) is 20.0. The van der Waals surface area contributed by atoms with Crippen LogP contribution in [0.3, 0.4) is 0 Å². The summed E-state index contributed by atoms with van der Waals surface area (Å²) in [6.07, 6.45) is -10.6. The van der Waals surface area contributed by atoms with Crippen LogP contribution in [0.25, 0.3) is 11.1 Å². The molecule has 0 aromatic heterocycles. The molecule has 3 rings (SSSR count). The third-order valence-corrected chi connectivity index (χ3v) is 6.07. The lowest BCUT2D eigenvalue weighted by Crippen LogP contribution is -2.65. The molecular weight excluding hydrogens is 537 g/mol. The fraction of sp³-hybridized carbons (Fsp3) is 0.391. The fourth-order valence-electron chi connectivity index (χ4n) is 3.90. The molecule has 0 saturated carbocycles. The minimum atomic E-state index is -4.91. The molecule has 1 aliphatic heterocycles. The van der Waals surface area contributed by atoms with Gasteiger partial charge in [-0.15, -0.1) is 0 Å². The Morgan fingerprint density at radius 2 is 1.76 bits per heavy atom. The maximum Gasteiger partial charge on any atom is 0.417 e. The maximum absolute atomic E-state index is 14.0. The molecule has 0 bridgehead atoms. The van der Waals surface area contributed by atoms with Gasteiger partial charge in [0.2, 0.25) is 22.2 Å². The van der Waals surface area contributed by atoms with Gasteiger partial charge < -0.3 is 30.1 Å². The maximum atomic E-state index is 14.0. The molecule has 11 nitrogen and oxygen atoms in total. The van der Waals surface area contributed by atoms with E-state index >= 15 is 0 Å². The van der Waals surface area contributed by atoms with E-state index in [0.717, 1.165) is 37.4 Å². The first kappa shape index (κ1) is 29.3. The van der Waals surface area contributed by atoms with Crippen molar-refractivity contribution in [3.63, 3.8) is 0 Å². The second-order valence-electron chi connectivity index (χ2n) is 8.51. The van der Waals surface area contributed by atoms with Gasteiger partial charge in [0.05, 0.1) is 18.4 Å². The quantitative estimate of drug-likeness (QED) is 0.320. The number of carbonyl (C=O) groups is 2. The average molecular weight is 563 g/mol. The minimum absolute atomic E-state index is 0.180. The number of rotatable bonds is 7.